The molecule has 0 bridgehead atoms. The molecule has 0 amide bonds. The second-order valence-electron chi connectivity index (χ2n) is 1.97. The molecule has 5 heteroatoms. The van der Waals surface area contributed by atoms with Crippen molar-refractivity contribution in [2.24, 2.45) is 0 Å². The van der Waals surface area contributed by atoms with Crippen LogP contribution >= 0.6 is 18.8 Å². The highest BCUT2D eigenvalue weighted by atomic mass is 35.5. The third kappa shape index (κ3) is 1.20. The van der Waals surface area contributed by atoms with Crippen molar-refractivity contribution in [3.63, 3.8) is 0 Å². The molecule has 0 spiro atoms. The highest BCUT2D eigenvalue weighted by Crippen LogP contribution is 2.49. The van der Waals surface area contributed by atoms with Crippen LogP contribution in [0.4, 0.5) is 0 Å². The van der Waals surface area contributed by atoms with Gasteiger partial charge in [-0.15, -0.1) is 0 Å². The standard InChI is InChI=1S/C6H3ClO2PS/c7-4-2-1-3-5-6(4)9-10(11)8-5/h1-3H. The molecule has 1 aliphatic rings. The Hall–Kier alpha value is -0.370. The lowest BCUT2D eigenvalue weighted by atomic mass is 10.3. The monoisotopic (exact) mass is 205 g/mol. The second-order valence-corrected chi connectivity index (χ2v) is 4.09. The van der Waals surface area contributed by atoms with Gasteiger partial charge in [0.25, 0.3) is 0 Å². The van der Waals surface area contributed by atoms with Crippen LogP contribution in [0.3, 0.4) is 0 Å². The smallest absolute Gasteiger partial charge is 0.323 e. The first-order chi connectivity index (χ1) is 5.27. The summed E-state index contributed by atoms with van der Waals surface area (Å²) in [5.74, 6) is 1.23. The zero-order chi connectivity index (χ0) is 7.84. The Bertz CT molecular complexity index is 328. The third-order valence-corrected chi connectivity index (χ3v) is 2.69. The van der Waals surface area contributed by atoms with E-state index in [2.05, 4.69) is 0 Å². The first kappa shape index (κ1) is 7.29. The normalized spacial score (nSPS) is 17.0. The molecule has 1 atom stereocenters. The molecule has 1 unspecified atom stereocenters. The largest absolute Gasteiger partial charge is 0.405 e. The van der Waals surface area contributed by atoms with Gasteiger partial charge in [-0.05, 0) is 12.1 Å². The minimum absolute atomic E-state index is 0.553. The van der Waals surface area contributed by atoms with E-state index in [9.17, 15) is 0 Å². The van der Waals surface area contributed by atoms with Gasteiger partial charge in [0.2, 0.25) is 0 Å². The van der Waals surface area contributed by atoms with Gasteiger partial charge in [0.05, 0.1) is 5.02 Å². The quantitative estimate of drug-likeness (QED) is 0.607. The first-order valence-electron chi connectivity index (χ1n) is 2.89. The second kappa shape index (κ2) is 2.59. The molecule has 0 N–H and O–H groups in total. The Morgan fingerprint density at radius 1 is 1.36 bits per heavy atom. The molecule has 0 aliphatic carbocycles. The SMILES string of the molecule is S=[P]1Oc2cccc(Cl)c2O1. The minimum atomic E-state index is -1.21. The van der Waals surface area contributed by atoms with Crippen molar-refractivity contribution in [1.29, 1.82) is 0 Å². The Kier molecular flexibility index (Phi) is 1.72. The number of para-hydroxylation sites is 1. The topological polar surface area (TPSA) is 18.5 Å². The van der Waals surface area contributed by atoms with Gasteiger partial charge >= 0.3 is 7.15 Å². The number of benzene rings is 1. The van der Waals surface area contributed by atoms with E-state index in [1.165, 1.54) is 0 Å². The maximum absolute atomic E-state index is 5.79. The lowest BCUT2D eigenvalue weighted by molar-refractivity contribution is 0.600. The number of fused-ring (bicyclic) bond motifs is 1. The summed E-state index contributed by atoms with van der Waals surface area (Å²) in [5, 5.41) is 0.553. The summed E-state index contributed by atoms with van der Waals surface area (Å²) in [5.41, 5.74) is 0. The molecular weight excluding hydrogens is 203 g/mol. The van der Waals surface area contributed by atoms with Crippen molar-refractivity contribution in [1.82, 2.24) is 0 Å². The molecule has 0 fully saturated rings. The Labute approximate surface area is 74.7 Å². The summed E-state index contributed by atoms with van der Waals surface area (Å²) in [6.45, 7) is 0. The van der Waals surface area contributed by atoms with E-state index in [-0.39, 0.29) is 0 Å². The summed E-state index contributed by atoms with van der Waals surface area (Å²) >= 11 is 10.6. The van der Waals surface area contributed by atoms with E-state index >= 15 is 0 Å². The van der Waals surface area contributed by atoms with Crippen LogP contribution in [0.2, 0.25) is 5.02 Å². The summed E-state index contributed by atoms with van der Waals surface area (Å²) in [6.07, 6.45) is 0. The molecule has 2 nitrogen and oxygen atoms in total. The van der Waals surface area contributed by atoms with Crippen molar-refractivity contribution >= 4 is 30.6 Å². The van der Waals surface area contributed by atoms with Crippen LogP contribution in [0.1, 0.15) is 0 Å². The van der Waals surface area contributed by atoms with Crippen molar-refractivity contribution < 1.29 is 9.05 Å². The molecule has 2 rings (SSSR count). The fourth-order valence-electron chi connectivity index (χ4n) is 0.823. The lowest BCUT2D eigenvalue weighted by Crippen LogP contribution is -1.71. The summed E-state index contributed by atoms with van der Waals surface area (Å²) in [4.78, 5) is 0. The van der Waals surface area contributed by atoms with Crippen LogP contribution in [-0.4, -0.2) is 0 Å². The van der Waals surface area contributed by atoms with E-state index in [1.54, 1.807) is 18.2 Å². The van der Waals surface area contributed by atoms with Crippen molar-refractivity contribution in [3.05, 3.63) is 23.2 Å². The van der Waals surface area contributed by atoms with Gasteiger partial charge in [0, 0.05) is 11.8 Å². The van der Waals surface area contributed by atoms with Gasteiger partial charge in [-0.25, -0.2) is 0 Å². The van der Waals surface area contributed by atoms with E-state index in [0.717, 1.165) is 0 Å². The zero-order valence-electron chi connectivity index (χ0n) is 5.28. The molecule has 11 heavy (non-hydrogen) atoms. The van der Waals surface area contributed by atoms with Crippen molar-refractivity contribution in [3.8, 4) is 11.5 Å². The van der Waals surface area contributed by atoms with Gasteiger partial charge in [-0.2, -0.15) is 0 Å². The Morgan fingerprint density at radius 3 is 2.91 bits per heavy atom. The molecule has 1 heterocycles. The van der Waals surface area contributed by atoms with Crippen LogP contribution in [0.5, 0.6) is 11.5 Å². The van der Waals surface area contributed by atoms with Gasteiger partial charge in [0.1, 0.15) is 0 Å². The maximum atomic E-state index is 5.79. The van der Waals surface area contributed by atoms with Crippen molar-refractivity contribution in [2.45, 2.75) is 0 Å². The van der Waals surface area contributed by atoms with Gasteiger partial charge in [-0.3, -0.25) is 0 Å². The number of hydrogen-bond donors (Lipinski definition) is 0. The fraction of sp³-hybridized carbons (Fsp3) is 0. The summed E-state index contributed by atoms with van der Waals surface area (Å²) in [7, 11) is -1.21. The number of hydrogen-bond acceptors (Lipinski definition) is 3. The zero-order valence-corrected chi connectivity index (χ0v) is 7.75. The number of rotatable bonds is 0. The van der Waals surface area contributed by atoms with Crippen LogP contribution in [0.25, 0.3) is 0 Å². The summed E-state index contributed by atoms with van der Waals surface area (Å²) < 4.78 is 10.3. The molecule has 0 aromatic heterocycles. The predicted octanol–water partition coefficient (Wildman–Crippen LogP) is 2.89. The average Bonchev–Trinajstić information content (AvgIpc) is 2.31. The Balaban J connectivity index is 2.57. The minimum Gasteiger partial charge on any atom is -0.405 e. The van der Waals surface area contributed by atoms with Crippen LogP contribution in [-0.2, 0) is 11.8 Å². The molecule has 0 saturated heterocycles. The summed E-state index contributed by atoms with van der Waals surface area (Å²) in [6, 6.07) is 5.33. The molecule has 1 radical (unpaired) electrons. The van der Waals surface area contributed by atoms with Crippen molar-refractivity contribution in [2.75, 3.05) is 0 Å². The highest BCUT2D eigenvalue weighted by molar-refractivity contribution is 8.01. The van der Waals surface area contributed by atoms with Crippen LogP contribution in [0.15, 0.2) is 18.2 Å². The highest BCUT2D eigenvalue weighted by Gasteiger charge is 2.20. The lowest BCUT2D eigenvalue weighted by Gasteiger charge is -1.93. The molecule has 0 saturated carbocycles. The van der Waals surface area contributed by atoms with Gasteiger partial charge in [-0.1, -0.05) is 17.7 Å². The molecule has 57 valence electrons. The predicted molar refractivity (Wildman–Crippen MR) is 47.0 cm³/mol. The third-order valence-electron chi connectivity index (χ3n) is 1.27. The first-order valence-corrected chi connectivity index (χ1v) is 5.46. The van der Waals surface area contributed by atoms with E-state index in [4.69, 9.17) is 32.5 Å². The number of halogens is 1. The Morgan fingerprint density at radius 2 is 2.18 bits per heavy atom. The van der Waals surface area contributed by atoms with Gasteiger partial charge < -0.3 is 9.05 Å². The fourth-order valence-corrected chi connectivity index (χ4v) is 2.22. The van der Waals surface area contributed by atoms with E-state index < -0.39 is 7.15 Å². The molecular formula is C6H3ClO2PS. The average molecular weight is 206 g/mol. The molecule has 1 aromatic rings. The van der Waals surface area contributed by atoms with Gasteiger partial charge in [0.15, 0.2) is 11.5 Å². The van der Waals surface area contributed by atoms with Crippen LogP contribution < -0.4 is 9.05 Å². The molecule has 1 aromatic carbocycles. The molecule has 1 aliphatic heterocycles. The van der Waals surface area contributed by atoms with Crippen LogP contribution in [0, 0.1) is 0 Å². The maximum Gasteiger partial charge on any atom is 0.323 e. The van der Waals surface area contributed by atoms with E-state index in [0.29, 0.717) is 16.5 Å². The van der Waals surface area contributed by atoms with E-state index in [1.807, 2.05) is 0 Å².